The predicted molar refractivity (Wildman–Crippen MR) is 70.9 cm³/mol. The molecule has 1 aliphatic rings. The first kappa shape index (κ1) is 15.8. The number of aliphatic carboxylic acids is 1. The van der Waals surface area contributed by atoms with E-state index >= 15 is 0 Å². The maximum absolute atomic E-state index is 11.8. The van der Waals surface area contributed by atoms with Crippen molar-refractivity contribution < 1.29 is 19.8 Å². The van der Waals surface area contributed by atoms with E-state index in [0.717, 1.165) is 25.7 Å². The maximum Gasteiger partial charge on any atom is 0.317 e. The van der Waals surface area contributed by atoms with Crippen LogP contribution in [0.3, 0.4) is 0 Å². The van der Waals surface area contributed by atoms with Crippen LogP contribution in [-0.2, 0) is 4.79 Å². The number of carbonyl (C=O) groups excluding carboxylic acids is 1. The number of nitrogens with zero attached hydrogens (tertiary/aromatic N) is 1. The lowest BCUT2D eigenvalue weighted by Gasteiger charge is -2.36. The van der Waals surface area contributed by atoms with Gasteiger partial charge in [0.25, 0.3) is 0 Å². The summed E-state index contributed by atoms with van der Waals surface area (Å²) in [4.78, 5) is 23.8. The molecule has 0 aromatic rings. The number of nitrogens with one attached hydrogen (secondary N) is 1. The molecule has 0 aromatic heterocycles. The number of β-amino-alcohol motifs (C(OH)–C–C–N with tert-alkyl or cyclic N) is 1. The van der Waals surface area contributed by atoms with E-state index in [1.54, 1.807) is 11.8 Å². The SMILES string of the molecule is CC1(O)CCCN(C(=O)NCCCCCC(=O)O)C1. The van der Waals surface area contributed by atoms with Crippen LogP contribution in [0.15, 0.2) is 0 Å². The average Bonchev–Trinajstić information content (AvgIpc) is 2.31. The normalized spacial score (nSPS) is 23.2. The van der Waals surface area contributed by atoms with Crippen LogP contribution in [0.2, 0.25) is 0 Å². The van der Waals surface area contributed by atoms with Crippen LogP contribution < -0.4 is 5.32 Å². The topological polar surface area (TPSA) is 89.9 Å². The second-order valence-electron chi connectivity index (χ2n) is 5.46. The summed E-state index contributed by atoms with van der Waals surface area (Å²) in [5.74, 6) is -0.778. The van der Waals surface area contributed by atoms with Crippen molar-refractivity contribution in [2.75, 3.05) is 19.6 Å². The Kier molecular flexibility index (Phi) is 6.08. The Labute approximate surface area is 113 Å². The molecule has 0 spiro atoms. The van der Waals surface area contributed by atoms with E-state index < -0.39 is 11.6 Å². The molecule has 1 fully saturated rings. The number of hydrogen-bond donors (Lipinski definition) is 3. The van der Waals surface area contributed by atoms with Gasteiger partial charge in [0.1, 0.15) is 0 Å². The number of rotatable bonds is 6. The molecule has 1 saturated heterocycles. The Bertz CT molecular complexity index is 318. The fraction of sp³-hybridized carbons (Fsp3) is 0.846. The summed E-state index contributed by atoms with van der Waals surface area (Å²) < 4.78 is 0. The van der Waals surface area contributed by atoms with Crippen molar-refractivity contribution in [2.24, 2.45) is 0 Å². The van der Waals surface area contributed by atoms with Gasteiger partial charge in [-0.1, -0.05) is 6.42 Å². The number of unbranched alkanes of at least 4 members (excludes halogenated alkanes) is 2. The van der Waals surface area contributed by atoms with E-state index in [-0.39, 0.29) is 12.5 Å². The summed E-state index contributed by atoms with van der Waals surface area (Å²) in [5.41, 5.74) is -0.781. The third-order valence-electron chi connectivity index (χ3n) is 3.31. The van der Waals surface area contributed by atoms with Gasteiger partial charge in [-0.3, -0.25) is 4.79 Å². The highest BCUT2D eigenvalue weighted by Gasteiger charge is 2.30. The Balaban J connectivity index is 2.12. The van der Waals surface area contributed by atoms with Crippen molar-refractivity contribution >= 4 is 12.0 Å². The fourth-order valence-corrected chi connectivity index (χ4v) is 2.28. The molecule has 1 atom stereocenters. The Hall–Kier alpha value is -1.30. The zero-order chi connectivity index (χ0) is 14.3. The standard InChI is InChI=1S/C13H24N2O4/c1-13(19)7-5-9-15(10-13)12(18)14-8-4-2-3-6-11(16)17/h19H,2-10H2,1H3,(H,14,18)(H,16,17). The molecule has 0 bridgehead atoms. The van der Waals surface area contributed by atoms with Crippen molar-refractivity contribution in [3.8, 4) is 0 Å². The third kappa shape index (κ3) is 6.42. The molecule has 0 radical (unpaired) electrons. The van der Waals surface area contributed by atoms with Crippen LogP contribution in [0.25, 0.3) is 0 Å². The van der Waals surface area contributed by atoms with Crippen molar-refractivity contribution in [3.05, 3.63) is 0 Å². The molecule has 6 nitrogen and oxygen atoms in total. The predicted octanol–water partition coefficient (Wildman–Crippen LogP) is 1.19. The molecule has 1 aliphatic heterocycles. The molecule has 1 rings (SSSR count). The second kappa shape index (κ2) is 7.33. The highest BCUT2D eigenvalue weighted by molar-refractivity contribution is 5.74. The van der Waals surface area contributed by atoms with E-state index in [4.69, 9.17) is 5.11 Å². The number of carboxylic acid groups (broad SMARTS) is 1. The van der Waals surface area contributed by atoms with Gasteiger partial charge in [-0.2, -0.15) is 0 Å². The van der Waals surface area contributed by atoms with Crippen LogP contribution in [0.5, 0.6) is 0 Å². The molecular formula is C13H24N2O4. The van der Waals surface area contributed by atoms with E-state index in [0.29, 0.717) is 26.1 Å². The van der Waals surface area contributed by atoms with Crippen molar-refractivity contribution in [3.63, 3.8) is 0 Å². The largest absolute Gasteiger partial charge is 0.481 e. The first-order valence-electron chi connectivity index (χ1n) is 6.88. The molecule has 0 saturated carbocycles. The van der Waals surface area contributed by atoms with Gasteiger partial charge in [-0.25, -0.2) is 4.79 Å². The second-order valence-corrected chi connectivity index (χ2v) is 5.46. The number of carbonyl (C=O) groups is 2. The zero-order valence-electron chi connectivity index (χ0n) is 11.5. The highest BCUT2D eigenvalue weighted by atomic mass is 16.4. The maximum atomic E-state index is 11.8. The van der Waals surface area contributed by atoms with Gasteiger partial charge in [0.2, 0.25) is 0 Å². The minimum atomic E-state index is -0.781. The molecule has 19 heavy (non-hydrogen) atoms. The first-order valence-corrected chi connectivity index (χ1v) is 6.88. The summed E-state index contributed by atoms with van der Waals surface area (Å²) in [6, 6.07) is -0.141. The lowest BCUT2D eigenvalue weighted by atomic mass is 9.95. The quantitative estimate of drug-likeness (QED) is 0.633. The van der Waals surface area contributed by atoms with Gasteiger partial charge >= 0.3 is 12.0 Å². The minimum absolute atomic E-state index is 0.141. The van der Waals surface area contributed by atoms with Crippen molar-refractivity contribution in [1.82, 2.24) is 10.2 Å². The summed E-state index contributed by atoms with van der Waals surface area (Å²) in [6.45, 7) is 3.36. The average molecular weight is 272 g/mol. The van der Waals surface area contributed by atoms with Crippen LogP contribution >= 0.6 is 0 Å². The molecular weight excluding hydrogens is 248 g/mol. The number of likely N-dealkylation sites (tertiary alicyclic amines) is 1. The number of hydrogen-bond acceptors (Lipinski definition) is 3. The first-order chi connectivity index (χ1) is 8.91. The number of urea groups is 1. The van der Waals surface area contributed by atoms with Crippen molar-refractivity contribution in [1.29, 1.82) is 0 Å². The number of amides is 2. The lowest BCUT2D eigenvalue weighted by Crippen LogP contribution is -2.51. The molecule has 2 amide bonds. The Morgan fingerprint density at radius 3 is 2.68 bits per heavy atom. The van der Waals surface area contributed by atoms with E-state index in [9.17, 15) is 14.7 Å². The van der Waals surface area contributed by atoms with Crippen LogP contribution in [0.1, 0.15) is 45.4 Å². The molecule has 0 aliphatic carbocycles. The molecule has 6 heteroatoms. The Morgan fingerprint density at radius 2 is 2.05 bits per heavy atom. The van der Waals surface area contributed by atoms with Crippen LogP contribution in [0.4, 0.5) is 4.79 Å². The van der Waals surface area contributed by atoms with E-state index in [1.165, 1.54) is 0 Å². The van der Waals surface area contributed by atoms with Gasteiger partial charge in [0.05, 0.1) is 12.1 Å². The van der Waals surface area contributed by atoms with E-state index in [2.05, 4.69) is 5.32 Å². The lowest BCUT2D eigenvalue weighted by molar-refractivity contribution is -0.137. The van der Waals surface area contributed by atoms with Gasteiger partial charge in [-0.05, 0) is 32.6 Å². The molecule has 110 valence electrons. The van der Waals surface area contributed by atoms with Gasteiger partial charge in [0.15, 0.2) is 0 Å². The monoisotopic (exact) mass is 272 g/mol. The van der Waals surface area contributed by atoms with E-state index in [1.807, 2.05) is 0 Å². The molecule has 1 heterocycles. The summed E-state index contributed by atoms with van der Waals surface area (Å²) in [5, 5.41) is 21.2. The summed E-state index contributed by atoms with van der Waals surface area (Å²) in [6.07, 6.45) is 3.95. The Morgan fingerprint density at radius 1 is 1.32 bits per heavy atom. The van der Waals surface area contributed by atoms with Crippen LogP contribution in [0, 0.1) is 0 Å². The molecule has 1 unspecified atom stereocenters. The van der Waals surface area contributed by atoms with Gasteiger partial charge in [-0.15, -0.1) is 0 Å². The fourth-order valence-electron chi connectivity index (χ4n) is 2.28. The molecule has 0 aromatic carbocycles. The van der Waals surface area contributed by atoms with Gasteiger partial charge < -0.3 is 20.4 Å². The van der Waals surface area contributed by atoms with Crippen molar-refractivity contribution in [2.45, 2.75) is 51.0 Å². The number of piperidine rings is 1. The summed E-state index contributed by atoms with van der Waals surface area (Å²) in [7, 11) is 0. The number of carboxylic acids is 1. The third-order valence-corrected chi connectivity index (χ3v) is 3.31. The zero-order valence-corrected chi connectivity index (χ0v) is 11.5. The smallest absolute Gasteiger partial charge is 0.317 e. The summed E-state index contributed by atoms with van der Waals surface area (Å²) >= 11 is 0. The van der Waals surface area contributed by atoms with Crippen LogP contribution in [-0.4, -0.2) is 52.3 Å². The highest BCUT2D eigenvalue weighted by Crippen LogP contribution is 2.19. The van der Waals surface area contributed by atoms with Gasteiger partial charge in [0, 0.05) is 19.5 Å². The minimum Gasteiger partial charge on any atom is -0.481 e. The number of aliphatic hydroxyl groups is 1. The molecule has 3 N–H and O–H groups in total.